The number of likely N-dealkylation sites (N-methyl/N-ethyl adjacent to an activating group) is 1. The van der Waals surface area contributed by atoms with Gasteiger partial charge in [0.25, 0.3) is 11.8 Å². The second-order valence-electron chi connectivity index (χ2n) is 8.70. The van der Waals surface area contributed by atoms with Crippen molar-refractivity contribution < 1.29 is 28.5 Å². The summed E-state index contributed by atoms with van der Waals surface area (Å²) in [5, 5.41) is 5.82. The number of hydrogen-bond acceptors (Lipinski definition) is 3. The van der Waals surface area contributed by atoms with Crippen molar-refractivity contribution in [3.63, 3.8) is 0 Å². The van der Waals surface area contributed by atoms with E-state index in [9.17, 15) is 14.0 Å². The molecule has 0 aromatic heterocycles. The number of quaternary nitrogens is 2. The van der Waals surface area contributed by atoms with E-state index < -0.39 is 5.82 Å². The van der Waals surface area contributed by atoms with Gasteiger partial charge in [0.05, 0.1) is 26.8 Å². The molecular formula is C22H35FN4O3+2. The maximum absolute atomic E-state index is 13.2. The topological polar surface area (TPSA) is 76.3 Å². The van der Waals surface area contributed by atoms with Crippen LogP contribution in [0.15, 0.2) is 24.3 Å². The van der Waals surface area contributed by atoms with Crippen molar-refractivity contribution in [3.8, 4) is 0 Å². The quantitative estimate of drug-likeness (QED) is 0.435. The summed E-state index contributed by atoms with van der Waals surface area (Å²) in [6, 6.07) is 5.79. The molecular weight excluding hydrogens is 387 g/mol. The van der Waals surface area contributed by atoms with Crippen molar-refractivity contribution in [2.24, 2.45) is 0 Å². The van der Waals surface area contributed by atoms with Crippen LogP contribution in [0.5, 0.6) is 0 Å². The van der Waals surface area contributed by atoms with Crippen LogP contribution in [-0.4, -0.2) is 70.3 Å². The number of nitrogens with one attached hydrogen (secondary N) is 4. The first-order valence-electron chi connectivity index (χ1n) is 11.0. The van der Waals surface area contributed by atoms with E-state index in [1.54, 1.807) is 17.0 Å². The molecule has 3 rings (SSSR count). The van der Waals surface area contributed by atoms with E-state index >= 15 is 0 Å². The Morgan fingerprint density at radius 3 is 2.53 bits per heavy atom. The predicted octanol–water partition coefficient (Wildman–Crippen LogP) is -0.987. The van der Waals surface area contributed by atoms with Gasteiger partial charge >= 0.3 is 0 Å². The van der Waals surface area contributed by atoms with E-state index in [0.29, 0.717) is 12.2 Å². The highest BCUT2D eigenvalue weighted by Gasteiger charge is 2.42. The van der Waals surface area contributed by atoms with Gasteiger partial charge < -0.3 is 25.2 Å². The number of anilines is 1. The van der Waals surface area contributed by atoms with E-state index in [-0.39, 0.29) is 30.4 Å². The molecule has 7 nitrogen and oxygen atoms in total. The van der Waals surface area contributed by atoms with E-state index in [2.05, 4.69) is 10.6 Å². The van der Waals surface area contributed by atoms with Crippen molar-refractivity contribution >= 4 is 17.5 Å². The fourth-order valence-electron chi connectivity index (χ4n) is 4.74. The molecule has 1 saturated carbocycles. The molecule has 1 unspecified atom stereocenters. The lowest BCUT2D eigenvalue weighted by atomic mass is 9.79. The Balaban J connectivity index is 1.45. The largest absolute Gasteiger partial charge is 0.370 e. The summed E-state index contributed by atoms with van der Waals surface area (Å²) >= 11 is 0. The maximum atomic E-state index is 13.2. The highest BCUT2D eigenvalue weighted by Crippen LogP contribution is 2.25. The van der Waals surface area contributed by atoms with Crippen LogP contribution in [0, 0.1) is 5.82 Å². The molecule has 1 aliphatic heterocycles. The average Bonchev–Trinajstić information content (AvgIpc) is 2.73. The fraction of sp³-hybridized carbons (Fsp3) is 0.636. The van der Waals surface area contributed by atoms with Crippen LogP contribution in [0.3, 0.4) is 0 Å². The minimum absolute atomic E-state index is 0.0383. The second kappa shape index (κ2) is 10.8. The Kier molecular flexibility index (Phi) is 8.18. The molecule has 166 valence electrons. The number of hydrogen-bond donors (Lipinski definition) is 4. The summed E-state index contributed by atoms with van der Waals surface area (Å²) in [6.45, 7) is 4.64. The highest BCUT2D eigenvalue weighted by molar-refractivity contribution is 5.91. The normalized spacial score (nSPS) is 20.3. The summed E-state index contributed by atoms with van der Waals surface area (Å²) in [6.07, 6.45) is 5.98. The molecule has 30 heavy (non-hydrogen) atoms. The lowest BCUT2D eigenvalue weighted by Crippen LogP contribution is -3.23. The average molecular weight is 423 g/mol. The lowest BCUT2D eigenvalue weighted by molar-refractivity contribution is -0.960. The van der Waals surface area contributed by atoms with Gasteiger partial charge in [-0.2, -0.15) is 0 Å². The Labute approximate surface area is 177 Å². The van der Waals surface area contributed by atoms with Crippen LogP contribution in [0.2, 0.25) is 0 Å². The number of rotatable bonds is 8. The first kappa shape index (κ1) is 22.7. The molecule has 1 atom stereocenters. The number of morpholine rings is 1. The molecule has 8 heteroatoms. The van der Waals surface area contributed by atoms with Gasteiger partial charge in [-0.05, 0) is 31.0 Å². The molecule has 1 saturated heterocycles. The molecule has 0 spiro atoms. The van der Waals surface area contributed by atoms with Crippen molar-refractivity contribution in [2.75, 3.05) is 58.3 Å². The Hall–Kier alpha value is -2.03. The Bertz CT molecular complexity index is 718. The second-order valence-corrected chi connectivity index (χ2v) is 8.70. The zero-order chi connectivity index (χ0) is 21.4. The van der Waals surface area contributed by atoms with Crippen molar-refractivity contribution in [1.82, 2.24) is 5.32 Å². The van der Waals surface area contributed by atoms with E-state index in [1.807, 2.05) is 7.05 Å². The number of halogens is 1. The van der Waals surface area contributed by atoms with Crippen LogP contribution in [-0.2, 0) is 14.3 Å². The van der Waals surface area contributed by atoms with E-state index in [0.717, 1.165) is 44.0 Å². The molecule has 0 bridgehead atoms. The van der Waals surface area contributed by atoms with Crippen molar-refractivity contribution in [1.29, 1.82) is 0 Å². The molecule has 1 aromatic rings. The Morgan fingerprint density at radius 2 is 1.83 bits per heavy atom. The minimum Gasteiger partial charge on any atom is -0.370 e. The van der Waals surface area contributed by atoms with Crippen LogP contribution in [0.4, 0.5) is 10.1 Å². The third-order valence-electron chi connectivity index (χ3n) is 6.31. The first-order chi connectivity index (χ1) is 14.5. The van der Waals surface area contributed by atoms with Gasteiger partial charge in [0.2, 0.25) is 0 Å². The van der Waals surface area contributed by atoms with Gasteiger partial charge in [-0.3, -0.25) is 9.59 Å². The zero-order valence-electron chi connectivity index (χ0n) is 17.9. The number of ether oxygens (including phenoxy) is 1. The van der Waals surface area contributed by atoms with E-state index in [1.165, 1.54) is 31.4 Å². The number of benzene rings is 1. The molecule has 1 aromatic carbocycles. The third-order valence-corrected chi connectivity index (χ3v) is 6.31. The van der Waals surface area contributed by atoms with Crippen LogP contribution < -0.4 is 20.4 Å². The monoisotopic (exact) mass is 422 g/mol. The van der Waals surface area contributed by atoms with Crippen molar-refractivity contribution in [2.45, 2.75) is 37.6 Å². The van der Waals surface area contributed by atoms with Crippen LogP contribution in [0.25, 0.3) is 0 Å². The van der Waals surface area contributed by atoms with Gasteiger partial charge in [0.1, 0.15) is 24.4 Å². The van der Waals surface area contributed by atoms with Gasteiger partial charge in [0.15, 0.2) is 13.1 Å². The summed E-state index contributed by atoms with van der Waals surface area (Å²) in [7, 11) is 1.81. The number of carbonyl (C=O) groups is 2. The number of carbonyl (C=O) groups excluding carboxylic acids is 2. The van der Waals surface area contributed by atoms with Crippen molar-refractivity contribution in [3.05, 3.63) is 30.1 Å². The molecule has 2 aliphatic rings. The highest BCUT2D eigenvalue weighted by atomic mass is 19.1. The summed E-state index contributed by atoms with van der Waals surface area (Å²) < 4.78 is 18.8. The van der Waals surface area contributed by atoms with Gasteiger partial charge in [0, 0.05) is 18.5 Å². The summed E-state index contributed by atoms with van der Waals surface area (Å²) in [4.78, 5) is 27.1. The molecule has 1 heterocycles. The first-order valence-corrected chi connectivity index (χ1v) is 11.0. The van der Waals surface area contributed by atoms with Crippen LogP contribution >= 0.6 is 0 Å². The number of amides is 2. The smallest absolute Gasteiger partial charge is 0.279 e. The van der Waals surface area contributed by atoms with Gasteiger partial charge in [-0.15, -0.1) is 0 Å². The van der Waals surface area contributed by atoms with Crippen LogP contribution in [0.1, 0.15) is 32.1 Å². The molecule has 0 radical (unpaired) electrons. The zero-order valence-corrected chi connectivity index (χ0v) is 17.9. The van der Waals surface area contributed by atoms with E-state index in [4.69, 9.17) is 4.74 Å². The van der Waals surface area contributed by atoms with Gasteiger partial charge in [-0.25, -0.2) is 4.39 Å². The maximum Gasteiger partial charge on any atom is 0.279 e. The summed E-state index contributed by atoms with van der Waals surface area (Å²) in [5.41, 5.74) is 0.533. The SMILES string of the molecule is C[NH+](CC(=O)NCC1([NH+]2CCOCC2)CCCCC1)CC(=O)Nc1cccc(F)c1. The summed E-state index contributed by atoms with van der Waals surface area (Å²) in [5.74, 6) is -0.678. The molecule has 1 aliphatic carbocycles. The predicted molar refractivity (Wildman–Crippen MR) is 112 cm³/mol. The molecule has 2 fully saturated rings. The molecule has 2 amide bonds. The third kappa shape index (κ3) is 6.48. The Morgan fingerprint density at radius 1 is 1.13 bits per heavy atom. The molecule has 4 N–H and O–H groups in total. The standard InChI is InChI=1S/C22H33FN4O3/c1-26(16-21(29)25-19-7-5-6-18(23)14-19)15-20(28)24-17-22(8-3-2-4-9-22)27-10-12-30-13-11-27/h5-7,14H,2-4,8-13,15-17H2,1H3,(H,24,28)(H,25,29)/p+2. The minimum atomic E-state index is -0.396. The lowest BCUT2D eigenvalue weighted by Gasteiger charge is -2.45. The fourth-order valence-corrected chi connectivity index (χ4v) is 4.74. The van der Waals surface area contributed by atoms with Gasteiger partial charge in [-0.1, -0.05) is 12.5 Å².